The van der Waals surface area contributed by atoms with Crippen LogP contribution in [0.3, 0.4) is 0 Å². The van der Waals surface area contributed by atoms with Crippen molar-refractivity contribution in [2.24, 2.45) is 5.92 Å². The number of aliphatic carboxylic acids is 2. The summed E-state index contributed by atoms with van der Waals surface area (Å²) < 4.78 is 5.40. The number of amides is 1. The number of anilines is 1. The number of carbonyl (C=O) groups is 3. The SMILES string of the molecule is COC1CCN(C[C@H]2CCN(c3ccc(Cl)cc3)C2=O)CC1.O=C(O)/C=C/C(=O)O. The summed E-state index contributed by atoms with van der Waals surface area (Å²) in [5, 5.41) is 16.3. The molecule has 2 aliphatic heterocycles. The predicted molar refractivity (Wildman–Crippen MR) is 113 cm³/mol. The third-order valence-corrected chi connectivity index (χ3v) is 5.42. The Morgan fingerprint density at radius 3 is 2.13 bits per heavy atom. The van der Waals surface area contributed by atoms with Crippen LogP contribution in [0.4, 0.5) is 5.69 Å². The minimum absolute atomic E-state index is 0.120. The van der Waals surface area contributed by atoms with Gasteiger partial charge in [-0.2, -0.15) is 0 Å². The number of carboxylic acid groups (broad SMARTS) is 2. The van der Waals surface area contributed by atoms with E-state index < -0.39 is 11.9 Å². The number of carboxylic acids is 2. The second-order valence-electron chi connectivity index (χ2n) is 7.20. The molecule has 0 spiro atoms. The highest BCUT2D eigenvalue weighted by atomic mass is 35.5. The highest BCUT2D eigenvalue weighted by Crippen LogP contribution is 2.27. The molecule has 3 rings (SSSR count). The minimum atomic E-state index is -1.26. The van der Waals surface area contributed by atoms with Crippen LogP contribution in [0.2, 0.25) is 5.02 Å². The van der Waals surface area contributed by atoms with Crippen LogP contribution >= 0.6 is 11.6 Å². The van der Waals surface area contributed by atoms with Gasteiger partial charge in [0.2, 0.25) is 5.91 Å². The zero-order valence-electron chi connectivity index (χ0n) is 16.9. The number of carbonyl (C=O) groups excluding carboxylic acids is 1. The minimum Gasteiger partial charge on any atom is -0.478 e. The number of hydrogen-bond donors (Lipinski definition) is 2. The van der Waals surface area contributed by atoms with Crippen molar-refractivity contribution in [1.29, 1.82) is 0 Å². The molecule has 2 saturated heterocycles. The molecule has 0 aromatic heterocycles. The van der Waals surface area contributed by atoms with Gasteiger partial charge < -0.3 is 24.7 Å². The number of nitrogens with zero attached hydrogens (tertiary/aromatic N) is 2. The molecule has 1 atom stereocenters. The number of piperidine rings is 1. The zero-order valence-corrected chi connectivity index (χ0v) is 17.6. The largest absolute Gasteiger partial charge is 0.478 e. The van der Waals surface area contributed by atoms with Crippen molar-refractivity contribution in [1.82, 2.24) is 4.90 Å². The summed E-state index contributed by atoms with van der Waals surface area (Å²) in [6, 6.07) is 7.53. The summed E-state index contributed by atoms with van der Waals surface area (Å²) in [6.07, 6.45) is 4.58. The fourth-order valence-corrected chi connectivity index (χ4v) is 3.69. The van der Waals surface area contributed by atoms with Crippen molar-refractivity contribution < 1.29 is 29.3 Å². The Morgan fingerprint density at radius 1 is 1.07 bits per heavy atom. The second kappa shape index (κ2) is 11.7. The zero-order chi connectivity index (χ0) is 22.1. The lowest BCUT2D eigenvalue weighted by molar-refractivity contribution is -0.134. The van der Waals surface area contributed by atoms with Gasteiger partial charge in [-0.15, -0.1) is 0 Å². The lowest BCUT2D eigenvalue weighted by Gasteiger charge is -2.32. The number of hydrogen-bond acceptors (Lipinski definition) is 5. The van der Waals surface area contributed by atoms with Gasteiger partial charge in [0.1, 0.15) is 0 Å². The van der Waals surface area contributed by atoms with E-state index in [1.54, 1.807) is 7.11 Å². The van der Waals surface area contributed by atoms with E-state index in [1.807, 2.05) is 29.2 Å². The van der Waals surface area contributed by atoms with Gasteiger partial charge in [0.25, 0.3) is 0 Å². The molecule has 9 heteroatoms. The van der Waals surface area contributed by atoms with Crippen LogP contribution in [0, 0.1) is 5.92 Å². The Kier molecular flexibility index (Phi) is 9.29. The maximum atomic E-state index is 12.6. The van der Waals surface area contributed by atoms with Gasteiger partial charge in [-0.1, -0.05) is 11.6 Å². The number of benzene rings is 1. The summed E-state index contributed by atoms with van der Waals surface area (Å²) in [6.45, 7) is 3.74. The Bertz CT molecular complexity index is 743. The normalized spacial score (nSPS) is 20.3. The average Bonchev–Trinajstić information content (AvgIpc) is 3.08. The van der Waals surface area contributed by atoms with Gasteiger partial charge in [-0.05, 0) is 43.5 Å². The molecule has 0 radical (unpaired) electrons. The van der Waals surface area contributed by atoms with Crippen LogP contribution in [0.15, 0.2) is 36.4 Å². The molecule has 164 valence electrons. The maximum Gasteiger partial charge on any atom is 0.328 e. The van der Waals surface area contributed by atoms with Crippen molar-refractivity contribution in [3.8, 4) is 0 Å². The van der Waals surface area contributed by atoms with Gasteiger partial charge in [-0.3, -0.25) is 4.79 Å². The lowest BCUT2D eigenvalue weighted by atomic mass is 10.0. The molecule has 8 nitrogen and oxygen atoms in total. The Balaban J connectivity index is 0.000000343. The van der Waals surface area contributed by atoms with E-state index in [4.69, 9.17) is 26.6 Å². The van der Waals surface area contributed by atoms with Crippen molar-refractivity contribution in [3.05, 3.63) is 41.4 Å². The highest BCUT2D eigenvalue weighted by molar-refractivity contribution is 6.30. The monoisotopic (exact) mass is 438 g/mol. The third-order valence-electron chi connectivity index (χ3n) is 5.17. The standard InChI is InChI=1S/C17H23ClN2O2.C4H4O4/c1-22-16-7-9-19(10-8-16)12-13-6-11-20(17(13)21)15-4-2-14(18)3-5-15;5-3(6)1-2-4(7)8/h2-5,13,16H,6-12H2,1H3;1-2H,(H,5,6)(H,7,8)/b;2-1+/t13-;/m1./s1. The third kappa shape index (κ3) is 7.44. The number of likely N-dealkylation sites (tertiary alicyclic amines) is 1. The molecule has 0 saturated carbocycles. The molecule has 1 amide bonds. The second-order valence-corrected chi connectivity index (χ2v) is 7.63. The molecule has 0 aliphatic carbocycles. The molecule has 2 aliphatic rings. The summed E-state index contributed by atoms with van der Waals surface area (Å²) >= 11 is 5.92. The fraction of sp³-hybridized carbons (Fsp3) is 0.476. The summed E-state index contributed by atoms with van der Waals surface area (Å²) in [5.41, 5.74) is 0.954. The molecule has 1 aromatic rings. The van der Waals surface area contributed by atoms with Crippen LogP contribution in [0.25, 0.3) is 0 Å². The van der Waals surface area contributed by atoms with Crippen LogP contribution in [0.5, 0.6) is 0 Å². The van der Waals surface area contributed by atoms with Crippen molar-refractivity contribution in [2.45, 2.75) is 25.4 Å². The van der Waals surface area contributed by atoms with Crippen LogP contribution in [-0.4, -0.2) is 72.4 Å². The first-order valence-electron chi connectivity index (χ1n) is 9.76. The first kappa shape index (κ1) is 23.9. The van der Waals surface area contributed by atoms with Crippen LogP contribution in [0.1, 0.15) is 19.3 Å². The van der Waals surface area contributed by atoms with Crippen molar-refractivity contribution >= 4 is 35.1 Å². The molecule has 1 aromatic carbocycles. The number of ether oxygens (including phenoxy) is 1. The molecule has 0 bridgehead atoms. The quantitative estimate of drug-likeness (QED) is 0.657. The molecule has 2 fully saturated rings. The Hall–Kier alpha value is -2.42. The van der Waals surface area contributed by atoms with Crippen LogP contribution < -0.4 is 4.90 Å². The van der Waals surface area contributed by atoms with E-state index in [2.05, 4.69) is 4.90 Å². The predicted octanol–water partition coefficient (Wildman–Crippen LogP) is 2.52. The topological polar surface area (TPSA) is 107 Å². The van der Waals surface area contributed by atoms with Crippen molar-refractivity contribution in [3.63, 3.8) is 0 Å². The van der Waals surface area contributed by atoms with E-state index in [0.717, 1.165) is 51.1 Å². The Labute approximate surface area is 180 Å². The highest BCUT2D eigenvalue weighted by Gasteiger charge is 2.34. The first-order chi connectivity index (χ1) is 14.3. The maximum absolute atomic E-state index is 12.6. The molecular weight excluding hydrogens is 412 g/mol. The lowest BCUT2D eigenvalue weighted by Crippen LogP contribution is -2.41. The van der Waals surface area contributed by atoms with E-state index in [1.165, 1.54) is 0 Å². The summed E-state index contributed by atoms with van der Waals surface area (Å²) in [4.78, 5) is 36.0. The first-order valence-corrected chi connectivity index (χ1v) is 10.1. The number of methoxy groups -OCH3 is 1. The number of halogens is 1. The van der Waals surface area contributed by atoms with Crippen molar-refractivity contribution in [2.75, 3.05) is 38.2 Å². The number of rotatable bonds is 6. The fourth-order valence-electron chi connectivity index (χ4n) is 3.57. The van der Waals surface area contributed by atoms with Gasteiger partial charge in [0.05, 0.1) is 12.0 Å². The van der Waals surface area contributed by atoms with Gasteiger partial charge >= 0.3 is 11.9 Å². The van der Waals surface area contributed by atoms with E-state index >= 15 is 0 Å². The molecular formula is C21H27ClN2O6. The van der Waals surface area contributed by atoms with Gasteiger partial charge in [-0.25, -0.2) is 9.59 Å². The molecule has 2 N–H and O–H groups in total. The molecule has 2 heterocycles. The summed E-state index contributed by atoms with van der Waals surface area (Å²) in [7, 11) is 1.78. The van der Waals surface area contributed by atoms with Gasteiger partial charge in [0, 0.05) is 56.2 Å². The molecule has 0 unspecified atom stereocenters. The molecule has 30 heavy (non-hydrogen) atoms. The van der Waals surface area contributed by atoms with Gasteiger partial charge in [0.15, 0.2) is 0 Å². The summed E-state index contributed by atoms with van der Waals surface area (Å²) in [5.74, 6) is -2.15. The Morgan fingerprint density at radius 2 is 1.63 bits per heavy atom. The van der Waals surface area contributed by atoms with E-state index in [-0.39, 0.29) is 11.8 Å². The van der Waals surface area contributed by atoms with Crippen LogP contribution in [-0.2, 0) is 19.1 Å². The average molecular weight is 439 g/mol. The van der Waals surface area contributed by atoms with E-state index in [9.17, 15) is 14.4 Å². The smallest absolute Gasteiger partial charge is 0.328 e. The van der Waals surface area contributed by atoms with E-state index in [0.29, 0.717) is 23.3 Å².